The van der Waals surface area contributed by atoms with Crippen LogP contribution < -0.4 is 4.74 Å². The maximum atomic E-state index is 9.23. The molecule has 1 heterocycles. The molecule has 0 atom stereocenters. The summed E-state index contributed by atoms with van der Waals surface area (Å²) in [4.78, 5) is 4.28. The van der Waals surface area contributed by atoms with Crippen LogP contribution in [0.4, 0.5) is 0 Å². The highest BCUT2D eigenvalue weighted by atomic mass is 16.5. The molecule has 1 aromatic rings. The number of aliphatic hydroxyl groups excluding tert-OH is 1. The highest BCUT2D eigenvalue weighted by molar-refractivity contribution is 5.29. The second-order valence-corrected chi connectivity index (χ2v) is 4.43. The molecule has 0 radical (unpaired) electrons. The van der Waals surface area contributed by atoms with Crippen molar-refractivity contribution in [1.82, 2.24) is 4.98 Å². The number of hydrogen-bond acceptors (Lipinski definition) is 3. The summed E-state index contributed by atoms with van der Waals surface area (Å²) < 4.78 is 5.91. The van der Waals surface area contributed by atoms with Crippen LogP contribution in [-0.4, -0.2) is 16.2 Å². The smallest absolute Gasteiger partial charge is 0.143 e. The lowest BCUT2D eigenvalue weighted by Crippen LogP contribution is -2.20. The Kier molecular flexibility index (Phi) is 3.78. The Hall–Kier alpha value is -1.09. The summed E-state index contributed by atoms with van der Waals surface area (Å²) in [6, 6.07) is 3.85. The number of aliphatic hydroxyl groups is 1. The molecule has 0 bridgehead atoms. The van der Waals surface area contributed by atoms with E-state index in [1.165, 1.54) is 19.3 Å². The number of hydrogen-bond donors (Lipinski definition) is 1. The minimum Gasteiger partial charge on any atom is -0.488 e. The first-order valence-electron chi connectivity index (χ1n) is 6.03. The summed E-state index contributed by atoms with van der Waals surface area (Å²) in [6.07, 6.45) is 6.37. The normalized spacial score (nSPS) is 17.4. The zero-order valence-electron chi connectivity index (χ0n) is 9.78. The summed E-state index contributed by atoms with van der Waals surface area (Å²) in [7, 11) is 0. The Bertz CT molecular complexity index is 346. The van der Waals surface area contributed by atoms with Gasteiger partial charge in [0.15, 0.2) is 0 Å². The molecule has 2 rings (SSSR count). The molecule has 1 aromatic heterocycles. The second-order valence-electron chi connectivity index (χ2n) is 4.43. The molecule has 0 aromatic carbocycles. The van der Waals surface area contributed by atoms with Gasteiger partial charge in [0.1, 0.15) is 11.4 Å². The molecule has 88 valence electrons. The molecule has 0 aliphatic heterocycles. The van der Waals surface area contributed by atoms with Crippen molar-refractivity contribution in [3.63, 3.8) is 0 Å². The second kappa shape index (κ2) is 5.30. The molecule has 1 saturated carbocycles. The zero-order chi connectivity index (χ0) is 11.4. The SMILES string of the molecule is Cc1ccc(OC2CCCCC2)c(CO)n1. The molecule has 3 heteroatoms. The monoisotopic (exact) mass is 221 g/mol. The van der Waals surface area contributed by atoms with E-state index in [0.29, 0.717) is 11.8 Å². The van der Waals surface area contributed by atoms with E-state index in [1.54, 1.807) is 0 Å². The summed E-state index contributed by atoms with van der Waals surface area (Å²) in [5, 5.41) is 9.23. The van der Waals surface area contributed by atoms with E-state index in [2.05, 4.69) is 4.98 Å². The van der Waals surface area contributed by atoms with E-state index in [-0.39, 0.29) is 6.61 Å². The standard InChI is InChI=1S/C13H19NO2/c1-10-7-8-13(12(9-15)14-10)16-11-5-3-2-4-6-11/h7-8,11,15H,2-6,9H2,1H3. The number of ether oxygens (including phenoxy) is 1. The van der Waals surface area contributed by atoms with Gasteiger partial charge in [0.25, 0.3) is 0 Å². The fourth-order valence-corrected chi connectivity index (χ4v) is 2.18. The lowest BCUT2D eigenvalue weighted by Gasteiger charge is -2.23. The van der Waals surface area contributed by atoms with Crippen molar-refractivity contribution in [2.24, 2.45) is 0 Å². The number of aryl methyl sites for hydroxylation is 1. The van der Waals surface area contributed by atoms with Crippen molar-refractivity contribution in [3.05, 3.63) is 23.5 Å². The molecular weight excluding hydrogens is 202 g/mol. The van der Waals surface area contributed by atoms with Crippen LogP contribution in [-0.2, 0) is 6.61 Å². The van der Waals surface area contributed by atoms with Gasteiger partial charge in [0.2, 0.25) is 0 Å². The van der Waals surface area contributed by atoms with Gasteiger partial charge in [-0.3, -0.25) is 4.98 Å². The van der Waals surface area contributed by atoms with Crippen molar-refractivity contribution in [1.29, 1.82) is 0 Å². The van der Waals surface area contributed by atoms with Gasteiger partial charge in [-0.1, -0.05) is 6.42 Å². The summed E-state index contributed by atoms with van der Waals surface area (Å²) in [6.45, 7) is 1.87. The van der Waals surface area contributed by atoms with Gasteiger partial charge in [0.05, 0.1) is 12.7 Å². The van der Waals surface area contributed by atoms with E-state index in [1.807, 2.05) is 19.1 Å². The van der Waals surface area contributed by atoms with Crippen molar-refractivity contribution < 1.29 is 9.84 Å². The summed E-state index contributed by atoms with van der Waals surface area (Å²) in [5.41, 5.74) is 1.57. The molecule has 1 N–H and O–H groups in total. The van der Waals surface area contributed by atoms with Crippen molar-refractivity contribution in [2.45, 2.75) is 51.7 Å². The third-order valence-corrected chi connectivity index (χ3v) is 3.07. The Morgan fingerprint density at radius 1 is 1.31 bits per heavy atom. The van der Waals surface area contributed by atoms with Crippen molar-refractivity contribution >= 4 is 0 Å². The van der Waals surface area contributed by atoms with Crippen molar-refractivity contribution in [3.8, 4) is 5.75 Å². The number of aromatic nitrogens is 1. The number of rotatable bonds is 3. The predicted octanol–water partition coefficient (Wildman–Crippen LogP) is 2.59. The van der Waals surface area contributed by atoms with Crippen LogP contribution in [0.3, 0.4) is 0 Å². The average molecular weight is 221 g/mol. The first-order chi connectivity index (χ1) is 7.79. The minimum absolute atomic E-state index is 0.0519. The third kappa shape index (κ3) is 2.73. The molecule has 0 spiro atoms. The van der Waals surface area contributed by atoms with Crippen LogP contribution in [0.1, 0.15) is 43.5 Å². The Balaban J connectivity index is 2.07. The zero-order valence-corrected chi connectivity index (χ0v) is 9.78. The molecule has 0 saturated heterocycles. The molecule has 1 fully saturated rings. The maximum absolute atomic E-state index is 9.23. The summed E-state index contributed by atoms with van der Waals surface area (Å²) in [5.74, 6) is 0.750. The van der Waals surface area contributed by atoms with Gasteiger partial charge < -0.3 is 9.84 Å². The Labute approximate surface area is 96.5 Å². The largest absolute Gasteiger partial charge is 0.488 e. The minimum atomic E-state index is -0.0519. The third-order valence-electron chi connectivity index (χ3n) is 3.07. The molecule has 0 unspecified atom stereocenters. The van der Waals surface area contributed by atoms with Gasteiger partial charge in [-0.2, -0.15) is 0 Å². The molecule has 1 aliphatic rings. The predicted molar refractivity (Wildman–Crippen MR) is 62.4 cm³/mol. The molecule has 3 nitrogen and oxygen atoms in total. The van der Waals surface area contributed by atoms with Gasteiger partial charge >= 0.3 is 0 Å². The lowest BCUT2D eigenvalue weighted by atomic mass is 9.98. The van der Waals surface area contributed by atoms with E-state index >= 15 is 0 Å². The van der Waals surface area contributed by atoms with Gasteiger partial charge in [-0.05, 0) is 44.7 Å². The molecule has 0 amide bonds. The highest BCUT2D eigenvalue weighted by Crippen LogP contribution is 2.25. The first-order valence-corrected chi connectivity index (χ1v) is 6.03. The van der Waals surface area contributed by atoms with Crippen LogP contribution in [0.5, 0.6) is 5.75 Å². The molecule has 1 aliphatic carbocycles. The number of pyridine rings is 1. The van der Waals surface area contributed by atoms with Crippen LogP contribution in [0.15, 0.2) is 12.1 Å². The fraction of sp³-hybridized carbons (Fsp3) is 0.615. The van der Waals surface area contributed by atoms with Gasteiger partial charge in [-0.15, -0.1) is 0 Å². The topological polar surface area (TPSA) is 42.4 Å². The quantitative estimate of drug-likeness (QED) is 0.853. The Morgan fingerprint density at radius 3 is 2.75 bits per heavy atom. The molecular formula is C13H19NO2. The highest BCUT2D eigenvalue weighted by Gasteiger charge is 2.16. The number of nitrogens with zero attached hydrogens (tertiary/aromatic N) is 1. The summed E-state index contributed by atoms with van der Waals surface area (Å²) >= 11 is 0. The Morgan fingerprint density at radius 2 is 2.06 bits per heavy atom. The first kappa shape index (κ1) is 11.4. The van der Waals surface area contributed by atoms with Crippen molar-refractivity contribution in [2.75, 3.05) is 0 Å². The van der Waals surface area contributed by atoms with E-state index in [4.69, 9.17) is 4.74 Å². The lowest BCUT2D eigenvalue weighted by molar-refractivity contribution is 0.148. The van der Waals surface area contributed by atoms with Gasteiger partial charge in [-0.25, -0.2) is 0 Å². The van der Waals surface area contributed by atoms with Crippen LogP contribution in [0.25, 0.3) is 0 Å². The van der Waals surface area contributed by atoms with E-state index in [0.717, 1.165) is 24.3 Å². The van der Waals surface area contributed by atoms with Crippen LogP contribution in [0, 0.1) is 6.92 Å². The molecule has 16 heavy (non-hydrogen) atoms. The van der Waals surface area contributed by atoms with Gasteiger partial charge in [0, 0.05) is 5.69 Å². The average Bonchev–Trinajstić information content (AvgIpc) is 2.33. The van der Waals surface area contributed by atoms with E-state index < -0.39 is 0 Å². The van der Waals surface area contributed by atoms with E-state index in [9.17, 15) is 5.11 Å². The maximum Gasteiger partial charge on any atom is 0.143 e. The van der Waals surface area contributed by atoms with Crippen LogP contribution in [0.2, 0.25) is 0 Å². The van der Waals surface area contributed by atoms with Crippen LogP contribution >= 0.6 is 0 Å². The fourth-order valence-electron chi connectivity index (χ4n) is 2.18.